The Morgan fingerprint density at radius 2 is 1.67 bits per heavy atom. The van der Waals surface area contributed by atoms with E-state index in [-0.39, 0.29) is 0 Å². The minimum atomic E-state index is 0.697. The van der Waals surface area contributed by atoms with E-state index in [0.717, 1.165) is 18.7 Å². The molecule has 2 nitrogen and oxygen atoms in total. The molecule has 3 rings (SSSR count). The van der Waals surface area contributed by atoms with Gasteiger partial charge in [0.25, 0.3) is 0 Å². The summed E-state index contributed by atoms with van der Waals surface area (Å²) in [5, 5.41) is 1.18. The van der Waals surface area contributed by atoms with Crippen LogP contribution in [-0.2, 0) is 13.0 Å². The minimum absolute atomic E-state index is 0.697. The normalized spacial score (nSPS) is 11.0. The second kappa shape index (κ2) is 6.04. The molecule has 0 atom stereocenters. The molecule has 0 aliphatic rings. The highest BCUT2D eigenvalue weighted by Gasteiger charge is 2.06. The van der Waals surface area contributed by atoms with Crippen LogP contribution in [0.1, 0.15) is 25.0 Å². The Kier molecular flexibility index (Phi) is 3.96. The molecule has 0 bridgehead atoms. The molecule has 3 aromatic rings. The predicted octanol–water partition coefficient (Wildman–Crippen LogP) is 4.65. The number of benzene rings is 2. The van der Waals surface area contributed by atoms with Gasteiger partial charge in [0.1, 0.15) is 5.75 Å². The zero-order valence-electron chi connectivity index (χ0n) is 12.7. The average Bonchev–Trinajstić information content (AvgIpc) is 2.93. The second-order valence-corrected chi connectivity index (χ2v) is 5.24. The van der Waals surface area contributed by atoms with Crippen LogP contribution < -0.4 is 4.74 Å². The van der Waals surface area contributed by atoms with Gasteiger partial charge >= 0.3 is 0 Å². The van der Waals surface area contributed by atoms with Gasteiger partial charge in [-0.25, -0.2) is 0 Å². The number of hydrogen-bond donors (Lipinski definition) is 0. The van der Waals surface area contributed by atoms with Gasteiger partial charge in [0, 0.05) is 18.1 Å². The summed E-state index contributed by atoms with van der Waals surface area (Å²) in [6, 6.07) is 17.3. The lowest BCUT2D eigenvalue weighted by Gasteiger charge is -2.08. The molecule has 0 fully saturated rings. The van der Waals surface area contributed by atoms with E-state index in [1.165, 1.54) is 22.0 Å². The van der Waals surface area contributed by atoms with Crippen LogP contribution in [0.15, 0.2) is 54.7 Å². The van der Waals surface area contributed by atoms with Crippen LogP contribution >= 0.6 is 0 Å². The Balaban J connectivity index is 1.91. The molecule has 0 aliphatic carbocycles. The summed E-state index contributed by atoms with van der Waals surface area (Å²) in [5.74, 6) is 0.968. The first-order chi connectivity index (χ1) is 10.3. The van der Waals surface area contributed by atoms with E-state index in [9.17, 15) is 0 Å². The molecule has 0 unspecified atom stereocenters. The molecule has 1 aromatic heterocycles. The second-order valence-electron chi connectivity index (χ2n) is 5.24. The zero-order chi connectivity index (χ0) is 14.7. The van der Waals surface area contributed by atoms with Gasteiger partial charge in [-0.3, -0.25) is 0 Å². The van der Waals surface area contributed by atoms with Gasteiger partial charge in [-0.2, -0.15) is 0 Å². The first-order valence-electron chi connectivity index (χ1n) is 7.60. The van der Waals surface area contributed by atoms with Crippen molar-refractivity contribution in [2.24, 2.45) is 0 Å². The Labute approximate surface area is 126 Å². The van der Waals surface area contributed by atoms with E-state index < -0.39 is 0 Å². The van der Waals surface area contributed by atoms with Crippen LogP contribution in [0.5, 0.6) is 5.75 Å². The van der Waals surface area contributed by atoms with Crippen molar-refractivity contribution in [3.8, 4) is 5.75 Å². The van der Waals surface area contributed by atoms with Crippen molar-refractivity contribution in [2.45, 2.75) is 26.8 Å². The van der Waals surface area contributed by atoms with E-state index in [1.54, 1.807) is 0 Å². The quantitative estimate of drug-likeness (QED) is 0.663. The van der Waals surface area contributed by atoms with Crippen LogP contribution in [0.25, 0.3) is 10.9 Å². The summed E-state index contributed by atoms with van der Waals surface area (Å²) in [6.07, 6.45) is 3.23. The fraction of sp³-hybridized carbons (Fsp3) is 0.263. The van der Waals surface area contributed by atoms with Gasteiger partial charge in [0.05, 0.1) is 12.1 Å². The molecule has 0 aliphatic heterocycles. The Morgan fingerprint density at radius 1 is 0.905 bits per heavy atom. The third-order valence-corrected chi connectivity index (χ3v) is 3.86. The van der Waals surface area contributed by atoms with E-state index in [0.29, 0.717) is 6.61 Å². The molecular formula is C19H21NO. The summed E-state index contributed by atoms with van der Waals surface area (Å²) in [7, 11) is 0. The third-order valence-electron chi connectivity index (χ3n) is 3.86. The average molecular weight is 279 g/mol. The number of aromatic nitrogens is 1. The maximum Gasteiger partial charge on any atom is 0.128 e. The monoisotopic (exact) mass is 279 g/mol. The van der Waals surface area contributed by atoms with Gasteiger partial charge in [0.2, 0.25) is 0 Å². The van der Waals surface area contributed by atoms with E-state index >= 15 is 0 Å². The first kappa shape index (κ1) is 13.7. The Morgan fingerprint density at radius 3 is 2.38 bits per heavy atom. The van der Waals surface area contributed by atoms with Crippen molar-refractivity contribution >= 4 is 10.9 Å². The number of aryl methyl sites for hydroxylation is 1. The van der Waals surface area contributed by atoms with Crippen molar-refractivity contribution in [1.82, 2.24) is 4.57 Å². The van der Waals surface area contributed by atoms with Gasteiger partial charge < -0.3 is 9.30 Å². The number of ether oxygens (including phenoxy) is 1. The molecule has 0 saturated carbocycles. The number of nitrogens with zero attached hydrogens (tertiary/aromatic N) is 1. The van der Waals surface area contributed by atoms with Crippen LogP contribution in [0, 0.1) is 0 Å². The van der Waals surface area contributed by atoms with Crippen LogP contribution in [0.3, 0.4) is 0 Å². The SMILES string of the molecule is CCOc1cccc2c1ccn2Cc1ccc(CC)cc1. The molecule has 2 aromatic carbocycles. The predicted molar refractivity (Wildman–Crippen MR) is 88.0 cm³/mol. The van der Waals surface area contributed by atoms with Crippen molar-refractivity contribution in [3.63, 3.8) is 0 Å². The maximum atomic E-state index is 5.70. The lowest BCUT2D eigenvalue weighted by molar-refractivity contribution is 0.344. The molecule has 0 radical (unpaired) electrons. The summed E-state index contributed by atoms with van der Waals surface area (Å²) >= 11 is 0. The fourth-order valence-electron chi connectivity index (χ4n) is 2.69. The summed E-state index contributed by atoms with van der Waals surface area (Å²) in [6.45, 7) is 5.79. The number of fused-ring (bicyclic) bond motifs is 1. The molecule has 0 spiro atoms. The lowest BCUT2D eigenvalue weighted by atomic mass is 10.1. The number of rotatable bonds is 5. The van der Waals surface area contributed by atoms with Crippen molar-refractivity contribution in [1.29, 1.82) is 0 Å². The van der Waals surface area contributed by atoms with E-state index in [1.807, 2.05) is 13.0 Å². The van der Waals surface area contributed by atoms with Gasteiger partial charge in [-0.1, -0.05) is 37.3 Å². The molecule has 2 heteroatoms. The molecule has 108 valence electrons. The molecule has 1 heterocycles. The van der Waals surface area contributed by atoms with Crippen LogP contribution in [0.2, 0.25) is 0 Å². The highest BCUT2D eigenvalue weighted by atomic mass is 16.5. The van der Waals surface area contributed by atoms with Gasteiger partial charge in [-0.05, 0) is 42.7 Å². The standard InChI is InChI=1S/C19H21NO/c1-3-15-8-10-16(11-9-15)14-20-13-12-17-18(20)6-5-7-19(17)21-4-2/h5-13H,3-4,14H2,1-2H3. The zero-order valence-corrected chi connectivity index (χ0v) is 12.7. The largest absolute Gasteiger partial charge is 0.493 e. The van der Waals surface area contributed by atoms with E-state index in [4.69, 9.17) is 4.74 Å². The minimum Gasteiger partial charge on any atom is -0.493 e. The Hall–Kier alpha value is -2.22. The highest BCUT2D eigenvalue weighted by molar-refractivity contribution is 5.86. The topological polar surface area (TPSA) is 14.2 Å². The smallest absolute Gasteiger partial charge is 0.128 e. The van der Waals surface area contributed by atoms with Crippen molar-refractivity contribution < 1.29 is 4.74 Å². The fourth-order valence-corrected chi connectivity index (χ4v) is 2.69. The summed E-state index contributed by atoms with van der Waals surface area (Å²) in [4.78, 5) is 0. The van der Waals surface area contributed by atoms with Crippen molar-refractivity contribution in [2.75, 3.05) is 6.61 Å². The molecular weight excluding hydrogens is 258 g/mol. The first-order valence-corrected chi connectivity index (χ1v) is 7.60. The van der Waals surface area contributed by atoms with Gasteiger partial charge in [-0.15, -0.1) is 0 Å². The molecule has 21 heavy (non-hydrogen) atoms. The van der Waals surface area contributed by atoms with Crippen LogP contribution in [-0.4, -0.2) is 11.2 Å². The molecule has 0 amide bonds. The van der Waals surface area contributed by atoms with Crippen molar-refractivity contribution in [3.05, 3.63) is 65.9 Å². The Bertz CT molecular complexity index is 725. The number of hydrogen-bond acceptors (Lipinski definition) is 1. The van der Waals surface area contributed by atoms with Crippen LogP contribution in [0.4, 0.5) is 0 Å². The highest BCUT2D eigenvalue weighted by Crippen LogP contribution is 2.27. The lowest BCUT2D eigenvalue weighted by Crippen LogP contribution is -1.98. The third kappa shape index (κ3) is 2.80. The molecule has 0 N–H and O–H groups in total. The van der Waals surface area contributed by atoms with E-state index in [2.05, 4.69) is 60.2 Å². The summed E-state index contributed by atoms with van der Waals surface area (Å²) < 4.78 is 7.98. The molecule has 0 saturated heterocycles. The maximum absolute atomic E-state index is 5.70. The summed E-state index contributed by atoms with van der Waals surface area (Å²) in [5.41, 5.74) is 3.93. The van der Waals surface area contributed by atoms with Gasteiger partial charge in [0.15, 0.2) is 0 Å².